The molecule has 0 amide bonds. The minimum atomic E-state index is 0.120. The predicted octanol–water partition coefficient (Wildman–Crippen LogP) is 2.58. The van der Waals surface area contributed by atoms with E-state index in [2.05, 4.69) is 58.2 Å². The summed E-state index contributed by atoms with van der Waals surface area (Å²) in [5.41, 5.74) is 3.43. The highest BCUT2D eigenvalue weighted by atomic mass is 16.5. The Morgan fingerprint density at radius 3 is 2.64 bits per heavy atom. The van der Waals surface area contributed by atoms with Gasteiger partial charge in [-0.3, -0.25) is 4.90 Å². The number of fused-ring (bicyclic) bond motifs is 1. The van der Waals surface area contributed by atoms with Crippen molar-refractivity contribution in [2.75, 3.05) is 33.3 Å². The van der Waals surface area contributed by atoms with Crippen LogP contribution < -0.4 is 10.1 Å². The molecule has 0 saturated carbocycles. The first-order valence-electron chi connectivity index (χ1n) is 8.78. The molecule has 0 bridgehead atoms. The molecule has 3 aromatic rings. The molecule has 1 aliphatic heterocycles. The average molecular weight is 336 g/mol. The van der Waals surface area contributed by atoms with E-state index in [-0.39, 0.29) is 6.04 Å². The zero-order chi connectivity index (χ0) is 17.2. The lowest BCUT2D eigenvalue weighted by atomic mass is 10.0. The van der Waals surface area contributed by atoms with Crippen molar-refractivity contribution in [3.05, 3.63) is 59.9 Å². The number of aryl methyl sites for hydroxylation is 1. The standard InChI is InChI=1S/C20H24N4O/c1-23-18-9-4-3-8-17(18)22-20(23)19(24-12-10-21-11-13-24)15-6-5-7-16(14-15)25-2/h3-9,14,19,21H,10-13H2,1-2H3. The van der Waals surface area contributed by atoms with Crippen LogP contribution in [-0.2, 0) is 7.05 Å². The summed E-state index contributed by atoms with van der Waals surface area (Å²) in [5, 5.41) is 3.44. The molecule has 4 rings (SSSR count). The van der Waals surface area contributed by atoms with Gasteiger partial charge >= 0.3 is 0 Å². The second-order valence-corrected chi connectivity index (χ2v) is 6.48. The van der Waals surface area contributed by atoms with Gasteiger partial charge in [0.15, 0.2) is 0 Å². The van der Waals surface area contributed by atoms with Crippen molar-refractivity contribution >= 4 is 11.0 Å². The smallest absolute Gasteiger partial charge is 0.131 e. The van der Waals surface area contributed by atoms with E-state index in [0.717, 1.165) is 43.3 Å². The SMILES string of the molecule is COc1cccc(C(c2nc3ccccc3n2C)N2CCNCC2)c1. The summed E-state index contributed by atoms with van der Waals surface area (Å²) in [4.78, 5) is 7.49. The number of rotatable bonds is 4. The van der Waals surface area contributed by atoms with Gasteiger partial charge in [0.2, 0.25) is 0 Å². The van der Waals surface area contributed by atoms with Crippen LogP contribution in [0.25, 0.3) is 11.0 Å². The molecular weight excluding hydrogens is 312 g/mol. The fourth-order valence-corrected chi connectivity index (χ4v) is 3.68. The van der Waals surface area contributed by atoms with E-state index < -0.39 is 0 Å². The van der Waals surface area contributed by atoms with Crippen LogP contribution in [0.1, 0.15) is 17.4 Å². The minimum absolute atomic E-state index is 0.120. The van der Waals surface area contributed by atoms with Crippen LogP contribution in [0.2, 0.25) is 0 Å². The van der Waals surface area contributed by atoms with E-state index in [9.17, 15) is 0 Å². The summed E-state index contributed by atoms with van der Waals surface area (Å²) in [6.45, 7) is 4.02. The van der Waals surface area contributed by atoms with Gasteiger partial charge in [0.1, 0.15) is 11.6 Å². The van der Waals surface area contributed by atoms with Crippen LogP contribution in [0, 0.1) is 0 Å². The molecule has 1 aliphatic rings. The highest BCUT2D eigenvalue weighted by molar-refractivity contribution is 5.76. The number of para-hydroxylation sites is 2. The molecule has 1 fully saturated rings. The molecule has 0 spiro atoms. The van der Waals surface area contributed by atoms with E-state index in [1.54, 1.807) is 7.11 Å². The topological polar surface area (TPSA) is 42.3 Å². The van der Waals surface area contributed by atoms with E-state index in [4.69, 9.17) is 9.72 Å². The number of benzene rings is 2. The van der Waals surface area contributed by atoms with Crippen LogP contribution in [0.3, 0.4) is 0 Å². The van der Waals surface area contributed by atoms with Crippen molar-refractivity contribution in [1.29, 1.82) is 0 Å². The molecule has 1 unspecified atom stereocenters. The quantitative estimate of drug-likeness (QED) is 0.795. The highest BCUT2D eigenvalue weighted by Crippen LogP contribution is 2.32. The number of imidazole rings is 1. The Bertz CT molecular complexity index is 867. The normalized spacial score (nSPS) is 16.9. The third kappa shape index (κ3) is 3.01. The van der Waals surface area contributed by atoms with Gasteiger partial charge in [0, 0.05) is 33.2 Å². The first-order chi connectivity index (χ1) is 12.3. The Morgan fingerprint density at radius 2 is 1.88 bits per heavy atom. The second kappa shape index (κ2) is 6.86. The summed E-state index contributed by atoms with van der Waals surface area (Å²) in [6, 6.07) is 16.8. The first kappa shape index (κ1) is 16.1. The Labute approximate surface area is 148 Å². The molecule has 0 aliphatic carbocycles. The number of nitrogens with zero attached hydrogens (tertiary/aromatic N) is 3. The van der Waals surface area contributed by atoms with Gasteiger partial charge in [0.05, 0.1) is 24.2 Å². The van der Waals surface area contributed by atoms with Gasteiger partial charge in [-0.25, -0.2) is 4.98 Å². The lowest BCUT2D eigenvalue weighted by molar-refractivity contribution is 0.190. The van der Waals surface area contributed by atoms with Gasteiger partial charge in [-0.15, -0.1) is 0 Å². The van der Waals surface area contributed by atoms with Crippen LogP contribution in [-0.4, -0.2) is 47.7 Å². The Hall–Kier alpha value is -2.37. The third-order valence-corrected chi connectivity index (χ3v) is 4.99. The minimum Gasteiger partial charge on any atom is -0.497 e. The number of methoxy groups -OCH3 is 1. The van der Waals surface area contributed by atoms with Gasteiger partial charge in [-0.05, 0) is 29.8 Å². The van der Waals surface area contributed by atoms with Crippen molar-refractivity contribution < 1.29 is 4.74 Å². The molecule has 5 heteroatoms. The fraction of sp³-hybridized carbons (Fsp3) is 0.350. The van der Waals surface area contributed by atoms with E-state index in [1.807, 2.05) is 12.1 Å². The molecule has 2 aromatic carbocycles. The van der Waals surface area contributed by atoms with Crippen molar-refractivity contribution in [3.8, 4) is 5.75 Å². The Balaban J connectivity index is 1.85. The highest BCUT2D eigenvalue weighted by Gasteiger charge is 2.28. The maximum atomic E-state index is 5.46. The number of hydrogen-bond donors (Lipinski definition) is 1. The predicted molar refractivity (Wildman–Crippen MR) is 100.0 cm³/mol. The molecular formula is C20H24N4O. The second-order valence-electron chi connectivity index (χ2n) is 6.48. The molecule has 5 nitrogen and oxygen atoms in total. The summed E-state index contributed by atoms with van der Waals surface area (Å²) in [5.74, 6) is 1.97. The monoisotopic (exact) mass is 336 g/mol. The van der Waals surface area contributed by atoms with E-state index >= 15 is 0 Å². The van der Waals surface area contributed by atoms with Crippen molar-refractivity contribution in [1.82, 2.24) is 19.8 Å². The van der Waals surface area contributed by atoms with E-state index in [1.165, 1.54) is 11.1 Å². The number of aromatic nitrogens is 2. The fourth-order valence-electron chi connectivity index (χ4n) is 3.68. The lowest BCUT2D eigenvalue weighted by Gasteiger charge is -2.35. The zero-order valence-corrected chi connectivity index (χ0v) is 14.8. The molecule has 130 valence electrons. The van der Waals surface area contributed by atoms with Crippen LogP contribution in [0.15, 0.2) is 48.5 Å². The van der Waals surface area contributed by atoms with Crippen molar-refractivity contribution in [2.24, 2.45) is 7.05 Å². The van der Waals surface area contributed by atoms with Gasteiger partial charge in [-0.2, -0.15) is 0 Å². The van der Waals surface area contributed by atoms with Gasteiger partial charge in [-0.1, -0.05) is 24.3 Å². The third-order valence-electron chi connectivity index (χ3n) is 4.99. The Kier molecular flexibility index (Phi) is 4.42. The summed E-state index contributed by atoms with van der Waals surface area (Å²) < 4.78 is 7.68. The van der Waals surface area contributed by atoms with E-state index in [0.29, 0.717) is 0 Å². The Morgan fingerprint density at radius 1 is 1.08 bits per heavy atom. The summed E-state index contributed by atoms with van der Waals surface area (Å²) in [7, 11) is 3.83. The number of piperazine rings is 1. The zero-order valence-electron chi connectivity index (χ0n) is 14.8. The van der Waals surface area contributed by atoms with Crippen LogP contribution >= 0.6 is 0 Å². The van der Waals surface area contributed by atoms with Crippen LogP contribution in [0.5, 0.6) is 5.75 Å². The van der Waals surface area contributed by atoms with Crippen LogP contribution in [0.4, 0.5) is 0 Å². The molecule has 0 radical (unpaired) electrons. The maximum absolute atomic E-state index is 5.46. The maximum Gasteiger partial charge on any atom is 0.131 e. The number of nitrogens with one attached hydrogen (secondary N) is 1. The summed E-state index contributed by atoms with van der Waals surface area (Å²) in [6.07, 6.45) is 0. The molecule has 1 aromatic heterocycles. The first-order valence-corrected chi connectivity index (χ1v) is 8.78. The molecule has 1 saturated heterocycles. The molecule has 1 atom stereocenters. The average Bonchev–Trinajstić information content (AvgIpc) is 3.00. The molecule has 1 N–H and O–H groups in total. The largest absolute Gasteiger partial charge is 0.497 e. The van der Waals surface area contributed by atoms with Gasteiger partial charge < -0.3 is 14.6 Å². The van der Waals surface area contributed by atoms with Crippen molar-refractivity contribution in [2.45, 2.75) is 6.04 Å². The summed E-state index contributed by atoms with van der Waals surface area (Å²) >= 11 is 0. The van der Waals surface area contributed by atoms with Gasteiger partial charge in [0.25, 0.3) is 0 Å². The lowest BCUT2D eigenvalue weighted by Crippen LogP contribution is -2.46. The van der Waals surface area contributed by atoms with Crippen molar-refractivity contribution in [3.63, 3.8) is 0 Å². The molecule has 2 heterocycles. The molecule has 25 heavy (non-hydrogen) atoms. The number of ether oxygens (including phenoxy) is 1. The number of hydrogen-bond acceptors (Lipinski definition) is 4.